The highest BCUT2D eigenvalue weighted by Crippen LogP contribution is 2.44. The number of benzene rings is 3. The minimum absolute atomic E-state index is 0.0119. The van der Waals surface area contributed by atoms with Gasteiger partial charge in [0.05, 0.1) is 38.2 Å². The van der Waals surface area contributed by atoms with Gasteiger partial charge < -0.3 is 25.4 Å². The molecule has 4 N–H and O–H groups in total. The van der Waals surface area contributed by atoms with Crippen LogP contribution in [0.3, 0.4) is 0 Å². The Hall–Kier alpha value is -5.47. The lowest BCUT2D eigenvalue weighted by Gasteiger charge is -2.25. The Labute approximate surface area is 277 Å². The van der Waals surface area contributed by atoms with Gasteiger partial charge in [0.2, 0.25) is 0 Å². The van der Waals surface area contributed by atoms with Crippen LogP contribution < -0.4 is 5.73 Å². The first-order valence-electron chi connectivity index (χ1n) is 14.8. The number of ether oxygens (including phenoxy) is 2. The number of hydrogen-bond acceptors (Lipinski definition) is 8. The Morgan fingerprint density at radius 2 is 1.38 bits per heavy atom. The monoisotopic (exact) mass is 631 g/mol. The lowest BCUT2D eigenvalue weighted by Crippen LogP contribution is -2.32. The van der Waals surface area contributed by atoms with Gasteiger partial charge >= 0.3 is 0 Å². The zero-order valence-corrected chi connectivity index (χ0v) is 26.5. The van der Waals surface area contributed by atoms with Crippen LogP contribution >= 0.6 is 0 Å². The normalized spacial score (nSPS) is 17.5. The highest BCUT2D eigenvalue weighted by atomic mass is 16.6. The number of fused-ring (bicyclic) bond motifs is 1. The van der Waals surface area contributed by atoms with Crippen molar-refractivity contribution < 1.29 is 19.7 Å². The quantitative estimate of drug-likeness (QED) is 0.199. The molecule has 3 atom stereocenters. The van der Waals surface area contributed by atoms with E-state index in [1.54, 1.807) is 4.52 Å². The van der Waals surface area contributed by atoms with E-state index in [1.165, 1.54) is 6.33 Å². The van der Waals surface area contributed by atoms with Gasteiger partial charge in [-0.3, -0.25) is 0 Å². The van der Waals surface area contributed by atoms with Crippen molar-refractivity contribution in [2.75, 3.05) is 12.3 Å². The van der Waals surface area contributed by atoms with Gasteiger partial charge in [0.15, 0.2) is 11.4 Å². The molecule has 0 bridgehead atoms. The van der Waals surface area contributed by atoms with Gasteiger partial charge in [-0.25, -0.2) is 9.50 Å². The summed E-state index contributed by atoms with van der Waals surface area (Å²) >= 11 is 0. The summed E-state index contributed by atoms with van der Waals surface area (Å²) in [6, 6.07) is 35.1. The van der Waals surface area contributed by atoms with Crippen molar-refractivity contribution in [2.24, 2.45) is 5.92 Å². The lowest BCUT2D eigenvalue weighted by molar-refractivity contribution is -0.0600. The molecule has 0 saturated carbocycles. The van der Waals surface area contributed by atoms with Gasteiger partial charge in [-0.2, -0.15) is 10.4 Å². The molecule has 0 aliphatic carbocycles. The van der Waals surface area contributed by atoms with Crippen LogP contribution in [0.2, 0.25) is 0 Å². The van der Waals surface area contributed by atoms with Crippen molar-refractivity contribution in [1.29, 1.82) is 5.26 Å². The Balaban J connectivity index is 0.000000313. The van der Waals surface area contributed by atoms with Crippen LogP contribution in [0.1, 0.15) is 35.7 Å². The molecule has 1 fully saturated rings. The molecular weight excluding hydrogens is 590 g/mol. The highest BCUT2D eigenvalue weighted by molar-refractivity contribution is 5.66. The van der Waals surface area contributed by atoms with E-state index in [1.807, 2.05) is 110 Å². The number of nitrogens with two attached hydrogens (primary N) is 1. The smallest absolute Gasteiger partial charge is 0.199 e. The zero-order chi connectivity index (χ0) is 34.5. The number of rotatable bonds is 7. The van der Waals surface area contributed by atoms with Crippen molar-refractivity contribution in [1.82, 2.24) is 14.6 Å². The van der Waals surface area contributed by atoms with Gasteiger partial charge in [-0.05, 0) is 35.2 Å². The third-order valence-corrected chi connectivity index (χ3v) is 7.16. The molecule has 5 aromatic rings. The number of aromatic nitrogens is 3. The molecule has 9 heteroatoms. The average Bonchev–Trinajstić information content (AvgIpc) is 3.73. The first kappa shape index (κ1) is 37.7. The Bertz CT molecular complexity index is 1620. The Kier molecular flexibility index (Phi) is 16.5. The van der Waals surface area contributed by atoms with E-state index in [2.05, 4.69) is 41.8 Å². The second-order valence-electron chi connectivity index (χ2n) is 10.2. The summed E-state index contributed by atoms with van der Waals surface area (Å²) in [6.45, 7) is 3.25. The fourth-order valence-corrected chi connectivity index (χ4v) is 4.88. The number of hydrogen-bond donors (Lipinski definition) is 3. The fourth-order valence-electron chi connectivity index (χ4n) is 4.88. The summed E-state index contributed by atoms with van der Waals surface area (Å²) in [7, 11) is 0. The van der Waals surface area contributed by atoms with Crippen molar-refractivity contribution in [3.63, 3.8) is 0 Å². The Morgan fingerprint density at radius 1 is 0.872 bits per heavy atom. The number of nitriles is 1. The minimum atomic E-state index is -1.09. The minimum Gasteiger partial charge on any atom is -0.392 e. The van der Waals surface area contributed by atoms with Crippen molar-refractivity contribution in [3.8, 4) is 31.8 Å². The molecule has 1 unspecified atom stereocenters. The third kappa shape index (κ3) is 10.5. The molecule has 3 aromatic carbocycles. The lowest BCUT2D eigenvalue weighted by atomic mass is 9.87. The summed E-state index contributed by atoms with van der Waals surface area (Å²) < 4.78 is 13.7. The van der Waals surface area contributed by atoms with E-state index in [0.29, 0.717) is 30.2 Å². The van der Waals surface area contributed by atoms with Crippen LogP contribution in [-0.2, 0) is 34.9 Å². The topological polar surface area (TPSA) is 139 Å². The molecule has 9 nitrogen and oxygen atoms in total. The van der Waals surface area contributed by atoms with Crippen molar-refractivity contribution in [2.45, 2.75) is 44.9 Å². The maximum Gasteiger partial charge on any atom is 0.199 e. The summed E-state index contributed by atoms with van der Waals surface area (Å²) in [5.41, 5.74) is 9.21. The average molecular weight is 632 g/mol. The molecule has 0 radical (unpaired) electrons. The van der Waals surface area contributed by atoms with Gasteiger partial charge in [-0.15, -0.1) is 25.7 Å². The second kappa shape index (κ2) is 20.5. The first-order valence-corrected chi connectivity index (χ1v) is 14.8. The largest absolute Gasteiger partial charge is 0.392 e. The molecule has 2 aromatic heterocycles. The molecule has 242 valence electrons. The van der Waals surface area contributed by atoms with E-state index in [4.69, 9.17) is 25.4 Å². The van der Waals surface area contributed by atoms with Crippen molar-refractivity contribution in [3.05, 3.63) is 132 Å². The van der Waals surface area contributed by atoms with Crippen LogP contribution in [-0.4, -0.2) is 37.5 Å². The first-order chi connectivity index (χ1) is 23.0. The van der Waals surface area contributed by atoms with E-state index < -0.39 is 5.60 Å². The van der Waals surface area contributed by atoms with E-state index in [0.717, 1.165) is 23.1 Å². The number of terminal acetylenes is 2. The summed E-state index contributed by atoms with van der Waals surface area (Å²) in [6.07, 6.45) is 18.0. The standard InChI is InChI=1S/C20H21N5O2.2C7H8O.2C2H2/c1-14-9-16(11-26-10-15-5-3-2-4-6-15)27-20(14,12-21)18-8-7-17-19(22)23-13-24-25(17)18;2*8-6-7-4-2-1-3-5-7;2*1-2/h2-8,13-14,16H,9-11H2,1H3,(H2,22,23,24);2*1-5,8H,6H2;2*1-2H/t14-,16-,20?;;;;/m0..../s1. The fraction of sp³-hybridized carbons (Fsp3) is 0.237. The summed E-state index contributed by atoms with van der Waals surface area (Å²) in [5.74, 6) is 0.361. The van der Waals surface area contributed by atoms with Crippen LogP contribution in [0, 0.1) is 42.9 Å². The molecule has 0 spiro atoms. The SMILES string of the molecule is C#C.C#C.C[C@H]1C[C@@H](COCc2ccccc2)OC1(C#N)c1ccc2c(N)ncnn12.OCc1ccccc1.OCc1ccccc1. The molecule has 1 aliphatic rings. The zero-order valence-electron chi connectivity index (χ0n) is 26.5. The molecule has 1 saturated heterocycles. The molecule has 47 heavy (non-hydrogen) atoms. The number of anilines is 1. The number of aliphatic hydroxyl groups excluding tert-OH is 2. The molecule has 6 rings (SSSR count). The van der Waals surface area contributed by atoms with Crippen LogP contribution in [0.25, 0.3) is 5.52 Å². The maximum absolute atomic E-state index is 10.0. The van der Waals surface area contributed by atoms with Gasteiger partial charge in [0.25, 0.3) is 0 Å². The molecule has 0 amide bonds. The van der Waals surface area contributed by atoms with Gasteiger partial charge in [0, 0.05) is 5.92 Å². The second-order valence-corrected chi connectivity index (χ2v) is 10.2. The number of nitrogen functional groups attached to an aromatic ring is 1. The van der Waals surface area contributed by atoms with Crippen LogP contribution in [0.4, 0.5) is 5.82 Å². The molecule has 3 heterocycles. The molecule has 1 aliphatic heterocycles. The highest BCUT2D eigenvalue weighted by Gasteiger charge is 2.50. The predicted molar refractivity (Wildman–Crippen MR) is 184 cm³/mol. The third-order valence-electron chi connectivity index (χ3n) is 7.16. The summed E-state index contributed by atoms with van der Waals surface area (Å²) in [5, 5.41) is 31.3. The number of aliphatic hydroxyl groups is 2. The van der Waals surface area contributed by atoms with Crippen LogP contribution in [0.15, 0.2) is 109 Å². The molecular formula is C38H41N5O4. The van der Waals surface area contributed by atoms with Crippen molar-refractivity contribution >= 4 is 11.3 Å². The predicted octanol–water partition coefficient (Wildman–Crippen LogP) is 5.53. The Morgan fingerprint density at radius 3 is 1.85 bits per heavy atom. The maximum atomic E-state index is 10.0. The summed E-state index contributed by atoms with van der Waals surface area (Å²) in [4.78, 5) is 4.00. The van der Waals surface area contributed by atoms with E-state index >= 15 is 0 Å². The number of nitrogens with zero attached hydrogens (tertiary/aromatic N) is 4. The van der Waals surface area contributed by atoms with Gasteiger partial charge in [0.1, 0.15) is 17.9 Å². The van der Waals surface area contributed by atoms with E-state index in [9.17, 15) is 5.26 Å². The van der Waals surface area contributed by atoms with E-state index in [-0.39, 0.29) is 25.2 Å². The van der Waals surface area contributed by atoms with Crippen LogP contribution in [0.5, 0.6) is 0 Å². The van der Waals surface area contributed by atoms with Gasteiger partial charge in [-0.1, -0.05) is 97.9 Å².